The number of methoxy groups -OCH3 is 1. The molecule has 30 heavy (non-hydrogen) atoms. The quantitative estimate of drug-likeness (QED) is 0.760. The Morgan fingerprint density at radius 2 is 1.90 bits per heavy atom. The monoisotopic (exact) mass is 409 g/mol. The van der Waals surface area contributed by atoms with Gasteiger partial charge in [-0.2, -0.15) is 0 Å². The van der Waals surface area contributed by atoms with Crippen molar-refractivity contribution in [1.82, 2.24) is 4.90 Å². The normalized spacial score (nSPS) is 23.7. The maximum absolute atomic E-state index is 14.0. The summed E-state index contributed by atoms with van der Waals surface area (Å²) in [6.07, 6.45) is 1.04. The van der Waals surface area contributed by atoms with E-state index in [9.17, 15) is 9.90 Å². The van der Waals surface area contributed by atoms with E-state index in [0.717, 1.165) is 12.0 Å². The van der Waals surface area contributed by atoms with E-state index in [1.807, 2.05) is 61.2 Å². The highest BCUT2D eigenvalue weighted by Crippen LogP contribution is 2.49. The summed E-state index contributed by atoms with van der Waals surface area (Å²) in [7, 11) is 1.56. The molecule has 2 aromatic rings. The van der Waals surface area contributed by atoms with E-state index in [4.69, 9.17) is 9.47 Å². The van der Waals surface area contributed by atoms with Gasteiger partial charge in [0, 0.05) is 19.4 Å². The van der Waals surface area contributed by atoms with Gasteiger partial charge >= 0.3 is 0 Å². The molecule has 2 aliphatic rings. The number of rotatable bonds is 7. The fourth-order valence-electron chi connectivity index (χ4n) is 5.07. The lowest BCUT2D eigenvalue weighted by atomic mass is 9.90. The Morgan fingerprint density at radius 1 is 1.20 bits per heavy atom. The summed E-state index contributed by atoms with van der Waals surface area (Å²) in [5, 5.41) is 10.4. The van der Waals surface area contributed by atoms with E-state index < -0.39 is 11.8 Å². The van der Waals surface area contributed by atoms with Crippen LogP contribution in [0.2, 0.25) is 0 Å². The number of hydrogen-bond acceptors (Lipinski definition) is 4. The zero-order valence-electron chi connectivity index (χ0n) is 18.0. The highest BCUT2D eigenvalue weighted by Gasteiger charge is 2.54. The molecule has 4 atom stereocenters. The van der Waals surface area contributed by atoms with E-state index >= 15 is 0 Å². The van der Waals surface area contributed by atoms with Crippen molar-refractivity contribution < 1.29 is 19.4 Å². The Morgan fingerprint density at radius 3 is 2.63 bits per heavy atom. The summed E-state index contributed by atoms with van der Waals surface area (Å²) in [6.45, 7) is 4.15. The van der Waals surface area contributed by atoms with Gasteiger partial charge in [0.1, 0.15) is 5.72 Å². The molecule has 1 saturated heterocycles. The predicted octanol–water partition coefficient (Wildman–Crippen LogP) is 3.50. The van der Waals surface area contributed by atoms with Crippen molar-refractivity contribution in [2.45, 2.75) is 57.1 Å². The predicted molar refractivity (Wildman–Crippen MR) is 115 cm³/mol. The van der Waals surface area contributed by atoms with E-state index in [0.29, 0.717) is 12.8 Å². The SMILES string of the molecule is COCC(O)CC(Cc1ccccc1)C(=O)N1C2c3ccccc3CC2OC1(C)C. The van der Waals surface area contributed by atoms with Gasteiger partial charge < -0.3 is 19.5 Å². The third-order valence-corrected chi connectivity index (χ3v) is 6.27. The number of benzene rings is 2. The maximum Gasteiger partial charge on any atom is 0.228 e. The molecule has 1 N–H and O–H groups in total. The number of fused-ring (bicyclic) bond motifs is 3. The second-order valence-corrected chi connectivity index (χ2v) is 8.89. The van der Waals surface area contributed by atoms with Gasteiger partial charge in [0.2, 0.25) is 5.91 Å². The number of aliphatic hydroxyl groups is 1. The van der Waals surface area contributed by atoms with Crippen molar-refractivity contribution in [3.63, 3.8) is 0 Å². The van der Waals surface area contributed by atoms with Crippen LogP contribution in [0.4, 0.5) is 0 Å². The highest BCUT2D eigenvalue weighted by atomic mass is 16.5. The van der Waals surface area contributed by atoms with Crippen LogP contribution in [0.25, 0.3) is 0 Å². The molecular formula is C25H31NO4. The summed E-state index contributed by atoms with van der Waals surface area (Å²) >= 11 is 0. The van der Waals surface area contributed by atoms with E-state index in [1.165, 1.54) is 11.1 Å². The van der Waals surface area contributed by atoms with Gasteiger partial charge in [-0.3, -0.25) is 4.79 Å². The molecule has 0 aromatic heterocycles. The van der Waals surface area contributed by atoms with Crippen LogP contribution in [0, 0.1) is 5.92 Å². The van der Waals surface area contributed by atoms with Crippen LogP contribution in [0.5, 0.6) is 0 Å². The fraction of sp³-hybridized carbons (Fsp3) is 0.480. The number of carbonyl (C=O) groups is 1. The molecule has 1 aliphatic heterocycles. The van der Waals surface area contributed by atoms with Crippen molar-refractivity contribution in [3.05, 3.63) is 71.3 Å². The van der Waals surface area contributed by atoms with Crippen LogP contribution >= 0.6 is 0 Å². The third-order valence-electron chi connectivity index (χ3n) is 6.27. The van der Waals surface area contributed by atoms with Crippen LogP contribution < -0.4 is 0 Å². The molecule has 1 amide bonds. The van der Waals surface area contributed by atoms with Gasteiger partial charge in [-0.15, -0.1) is 0 Å². The summed E-state index contributed by atoms with van der Waals surface area (Å²) in [4.78, 5) is 15.9. The molecular weight excluding hydrogens is 378 g/mol. The first-order chi connectivity index (χ1) is 14.4. The minimum Gasteiger partial charge on any atom is -0.391 e. The number of ether oxygens (including phenoxy) is 2. The van der Waals surface area contributed by atoms with Gasteiger partial charge in [-0.05, 0) is 43.4 Å². The second kappa shape index (κ2) is 8.50. The van der Waals surface area contributed by atoms with Gasteiger partial charge in [-0.1, -0.05) is 54.6 Å². The van der Waals surface area contributed by atoms with Gasteiger partial charge in [-0.25, -0.2) is 0 Å². The first-order valence-electron chi connectivity index (χ1n) is 10.7. The average Bonchev–Trinajstić information content (AvgIpc) is 3.18. The standard InChI is InChI=1S/C25H31NO4/c1-25(2)26(23-21-12-8-7-11-18(21)15-22(23)30-25)24(28)19(14-20(27)16-29-3)13-17-9-5-4-6-10-17/h4-12,19-20,22-23,27H,13-16H2,1-3H3. The molecule has 0 spiro atoms. The van der Waals surface area contributed by atoms with Crippen LogP contribution in [0.1, 0.15) is 43.0 Å². The molecule has 2 aromatic carbocycles. The van der Waals surface area contributed by atoms with Gasteiger partial charge in [0.05, 0.1) is 24.9 Å². The van der Waals surface area contributed by atoms with E-state index in [2.05, 4.69) is 12.1 Å². The van der Waals surface area contributed by atoms with Crippen molar-refractivity contribution in [3.8, 4) is 0 Å². The van der Waals surface area contributed by atoms with Gasteiger partial charge in [0.25, 0.3) is 0 Å². The number of hydrogen-bond donors (Lipinski definition) is 1. The maximum atomic E-state index is 14.0. The second-order valence-electron chi connectivity index (χ2n) is 8.89. The van der Waals surface area contributed by atoms with Crippen LogP contribution in [0.15, 0.2) is 54.6 Å². The van der Waals surface area contributed by atoms with Crippen LogP contribution in [0.3, 0.4) is 0 Å². The number of amides is 1. The molecule has 0 radical (unpaired) electrons. The third kappa shape index (κ3) is 4.02. The van der Waals surface area contributed by atoms with Gasteiger partial charge in [0.15, 0.2) is 0 Å². The zero-order chi connectivity index (χ0) is 21.3. The molecule has 5 nitrogen and oxygen atoms in total. The molecule has 1 aliphatic carbocycles. The van der Waals surface area contributed by atoms with Crippen molar-refractivity contribution in [2.24, 2.45) is 5.92 Å². The lowest BCUT2D eigenvalue weighted by Gasteiger charge is -2.37. The zero-order valence-corrected chi connectivity index (χ0v) is 18.0. The number of carbonyl (C=O) groups excluding carboxylic acids is 1. The number of aliphatic hydroxyl groups excluding tert-OH is 1. The molecule has 1 heterocycles. The fourth-order valence-corrected chi connectivity index (χ4v) is 5.07. The molecule has 160 valence electrons. The first kappa shape index (κ1) is 21.0. The first-order valence-corrected chi connectivity index (χ1v) is 10.7. The summed E-state index contributed by atoms with van der Waals surface area (Å²) in [6, 6.07) is 18.2. The molecule has 1 fully saturated rings. The highest BCUT2D eigenvalue weighted by molar-refractivity contribution is 5.81. The smallest absolute Gasteiger partial charge is 0.228 e. The largest absolute Gasteiger partial charge is 0.391 e. The summed E-state index contributed by atoms with van der Waals surface area (Å²) in [5.41, 5.74) is 2.82. The summed E-state index contributed by atoms with van der Waals surface area (Å²) < 4.78 is 11.5. The summed E-state index contributed by atoms with van der Waals surface area (Å²) in [5.74, 6) is -0.324. The minimum atomic E-state index is -0.693. The van der Waals surface area contributed by atoms with Crippen LogP contribution in [-0.4, -0.2) is 47.6 Å². The number of nitrogens with zero attached hydrogens (tertiary/aromatic N) is 1. The Balaban J connectivity index is 1.65. The van der Waals surface area contributed by atoms with Crippen molar-refractivity contribution in [2.75, 3.05) is 13.7 Å². The van der Waals surface area contributed by atoms with E-state index in [-0.39, 0.29) is 30.6 Å². The lowest BCUT2D eigenvalue weighted by Crippen LogP contribution is -2.48. The minimum absolute atomic E-state index is 0.0253. The lowest BCUT2D eigenvalue weighted by molar-refractivity contribution is -0.153. The molecule has 0 bridgehead atoms. The Kier molecular flexibility index (Phi) is 5.96. The van der Waals surface area contributed by atoms with Crippen LogP contribution in [-0.2, 0) is 27.1 Å². The van der Waals surface area contributed by atoms with Crippen molar-refractivity contribution in [1.29, 1.82) is 0 Å². The Hall–Kier alpha value is -2.21. The van der Waals surface area contributed by atoms with Crippen molar-refractivity contribution >= 4 is 5.91 Å². The Bertz CT molecular complexity index is 882. The Labute approximate surface area is 178 Å². The molecule has 5 heteroatoms. The molecule has 0 saturated carbocycles. The van der Waals surface area contributed by atoms with E-state index in [1.54, 1.807) is 7.11 Å². The molecule has 4 unspecified atom stereocenters. The topological polar surface area (TPSA) is 59.0 Å². The average molecular weight is 410 g/mol. The molecule has 4 rings (SSSR count).